The van der Waals surface area contributed by atoms with Gasteiger partial charge in [0.2, 0.25) is 0 Å². The average Bonchev–Trinajstić information content (AvgIpc) is 2.73. The van der Waals surface area contributed by atoms with Crippen LogP contribution in [0.4, 0.5) is 20.2 Å². The second kappa shape index (κ2) is 8.18. The van der Waals surface area contributed by atoms with Crippen molar-refractivity contribution in [2.75, 3.05) is 15.6 Å². The minimum Gasteiger partial charge on any atom is -0.279 e. The molecule has 3 aromatic carbocycles. The van der Waals surface area contributed by atoms with Gasteiger partial charge in [0.1, 0.15) is 16.5 Å². The zero-order valence-corrected chi connectivity index (χ0v) is 18.7. The van der Waals surface area contributed by atoms with Gasteiger partial charge in [0.15, 0.2) is 0 Å². The Balaban J connectivity index is 1.71. The van der Waals surface area contributed by atoms with Gasteiger partial charge in [0.25, 0.3) is 20.0 Å². The maximum Gasteiger partial charge on any atom is 0.264 e. The van der Waals surface area contributed by atoms with E-state index in [0.717, 1.165) is 23.3 Å². The molecule has 0 aromatic heterocycles. The van der Waals surface area contributed by atoms with Crippen molar-refractivity contribution in [1.29, 1.82) is 0 Å². The van der Waals surface area contributed by atoms with Crippen LogP contribution in [-0.4, -0.2) is 23.4 Å². The van der Waals surface area contributed by atoms with Crippen LogP contribution in [-0.2, 0) is 26.5 Å². The van der Waals surface area contributed by atoms with Gasteiger partial charge in [-0.15, -0.1) is 0 Å². The number of hydrogen-bond acceptors (Lipinski definition) is 4. The number of benzene rings is 3. The predicted molar refractivity (Wildman–Crippen MR) is 118 cm³/mol. The molecule has 1 aliphatic rings. The van der Waals surface area contributed by atoms with Crippen molar-refractivity contribution in [3.05, 3.63) is 83.4 Å². The van der Waals surface area contributed by atoms with Crippen LogP contribution in [0.1, 0.15) is 17.5 Å². The van der Waals surface area contributed by atoms with Gasteiger partial charge in [-0.1, -0.05) is 23.8 Å². The minimum absolute atomic E-state index is 0.0680. The van der Waals surface area contributed by atoms with Crippen molar-refractivity contribution in [3.63, 3.8) is 0 Å². The molecule has 0 saturated carbocycles. The van der Waals surface area contributed by atoms with E-state index >= 15 is 0 Å². The van der Waals surface area contributed by atoms with E-state index in [9.17, 15) is 25.6 Å². The first-order valence-corrected chi connectivity index (χ1v) is 12.7. The Morgan fingerprint density at radius 1 is 0.906 bits per heavy atom. The topological polar surface area (TPSA) is 83.6 Å². The van der Waals surface area contributed by atoms with Crippen molar-refractivity contribution in [3.8, 4) is 0 Å². The average molecular weight is 479 g/mol. The molecule has 0 saturated heterocycles. The highest BCUT2D eigenvalue weighted by atomic mass is 32.2. The molecule has 0 unspecified atom stereocenters. The number of rotatable bonds is 5. The van der Waals surface area contributed by atoms with Crippen molar-refractivity contribution >= 4 is 31.4 Å². The van der Waals surface area contributed by atoms with E-state index < -0.39 is 36.6 Å². The number of aryl methyl sites for hydroxylation is 2. The first-order valence-electron chi connectivity index (χ1n) is 9.78. The number of hydrogen-bond donors (Lipinski definition) is 1. The van der Waals surface area contributed by atoms with E-state index in [4.69, 9.17) is 0 Å². The fourth-order valence-corrected chi connectivity index (χ4v) is 6.24. The van der Waals surface area contributed by atoms with E-state index in [1.54, 1.807) is 18.2 Å². The molecule has 0 radical (unpaired) electrons. The molecule has 4 rings (SSSR count). The van der Waals surface area contributed by atoms with Gasteiger partial charge in [0.05, 0.1) is 16.3 Å². The summed E-state index contributed by atoms with van der Waals surface area (Å²) in [5.74, 6) is -2.12. The van der Waals surface area contributed by atoms with E-state index in [-0.39, 0.29) is 17.1 Å². The second-order valence-electron chi connectivity index (χ2n) is 7.52. The molecule has 6 nitrogen and oxygen atoms in total. The highest BCUT2D eigenvalue weighted by Gasteiger charge is 2.30. The highest BCUT2D eigenvalue weighted by Crippen LogP contribution is 2.35. The summed E-state index contributed by atoms with van der Waals surface area (Å²) in [6, 6.07) is 13.2. The van der Waals surface area contributed by atoms with Crippen molar-refractivity contribution in [2.24, 2.45) is 0 Å². The second-order valence-corrected chi connectivity index (χ2v) is 11.0. The van der Waals surface area contributed by atoms with E-state index in [2.05, 4.69) is 4.72 Å². The molecule has 0 atom stereocenters. The summed E-state index contributed by atoms with van der Waals surface area (Å²) >= 11 is 0. The Kier molecular flexibility index (Phi) is 5.68. The standard InChI is InChI=1S/C22H20F2N2O4S2/c1-15-4-9-19(10-5-15)32(29,30)26-12-2-3-16-6-8-18(14-21(16)26)25-31(27,28)22-11-7-17(23)13-20(22)24/h4-11,13-14,25H,2-3,12H2,1H3. The van der Waals surface area contributed by atoms with Crippen LogP contribution in [0.5, 0.6) is 0 Å². The monoisotopic (exact) mass is 478 g/mol. The van der Waals surface area contributed by atoms with Gasteiger partial charge < -0.3 is 0 Å². The number of fused-ring (bicyclic) bond motifs is 1. The van der Waals surface area contributed by atoms with Crippen molar-refractivity contribution < 1.29 is 25.6 Å². The van der Waals surface area contributed by atoms with Gasteiger partial charge in [-0.2, -0.15) is 0 Å². The third-order valence-electron chi connectivity index (χ3n) is 5.21. The van der Waals surface area contributed by atoms with Gasteiger partial charge >= 0.3 is 0 Å². The lowest BCUT2D eigenvalue weighted by Gasteiger charge is -2.31. The lowest BCUT2D eigenvalue weighted by Crippen LogP contribution is -2.35. The molecule has 0 amide bonds. The van der Waals surface area contributed by atoms with Crippen LogP contribution in [0, 0.1) is 18.6 Å². The molecule has 1 heterocycles. The molecule has 0 bridgehead atoms. The Labute approximate surface area is 185 Å². The molecular weight excluding hydrogens is 458 g/mol. The van der Waals surface area contributed by atoms with Crippen LogP contribution >= 0.6 is 0 Å². The fraction of sp³-hybridized carbons (Fsp3) is 0.182. The molecule has 0 aliphatic carbocycles. The first kappa shape index (κ1) is 22.2. The molecule has 168 valence electrons. The van der Waals surface area contributed by atoms with E-state index in [1.165, 1.54) is 28.6 Å². The minimum atomic E-state index is -4.36. The summed E-state index contributed by atoms with van der Waals surface area (Å²) in [6.07, 6.45) is 1.25. The predicted octanol–water partition coefficient (Wildman–Crippen LogP) is 4.22. The van der Waals surface area contributed by atoms with Crippen LogP contribution in [0.2, 0.25) is 0 Å². The summed E-state index contributed by atoms with van der Waals surface area (Å²) in [5, 5.41) is 0. The van der Waals surface area contributed by atoms with Gasteiger partial charge in [-0.25, -0.2) is 25.6 Å². The van der Waals surface area contributed by atoms with Crippen LogP contribution in [0.25, 0.3) is 0 Å². The summed E-state index contributed by atoms with van der Waals surface area (Å²) < 4.78 is 82.4. The zero-order chi connectivity index (χ0) is 23.1. The lowest BCUT2D eigenvalue weighted by molar-refractivity contribution is 0.551. The quantitative estimate of drug-likeness (QED) is 0.595. The summed E-state index contributed by atoms with van der Waals surface area (Å²) in [7, 11) is -8.22. The van der Waals surface area contributed by atoms with Crippen LogP contribution in [0.15, 0.2) is 70.5 Å². The summed E-state index contributed by atoms with van der Waals surface area (Å²) in [6.45, 7) is 2.10. The maximum absolute atomic E-state index is 14.0. The Morgan fingerprint density at radius 3 is 2.31 bits per heavy atom. The Hall–Kier alpha value is -2.98. The van der Waals surface area contributed by atoms with Crippen LogP contribution < -0.4 is 9.03 Å². The molecular formula is C22H20F2N2O4S2. The first-order chi connectivity index (χ1) is 15.1. The lowest BCUT2D eigenvalue weighted by atomic mass is 10.0. The zero-order valence-electron chi connectivity index (χ0n) is 17.0. The largest absolute Gasteiger partial charge is 0.279 e. The van der Waals surface area contributed by atoms with Gasteiger partial charge in [-0.3, -0.25) is 9.03 Å². The molecule has 3 aromatic rings. The number of sulfonamides is 2. The Morgan fingerprint density at radius 2 is 1.62 bits per heavy atom. The molecule has 32 heavy (non-hydrogen) atoms. The third kappa shape index (κ3) is 4.20. The molecule has 10 heteroatoms. The number of nitrogens with zero attached hydrogens (tertiary/aromatic N) is 1. The maximum atomic E-state index is 14.0. The molecule has 0 fully saturated rings. The third-order valence-corrected chi connectivity index (χ3v) is 8.45. The van der Waals surface area contributed by atoms with Gasteiger partial charge in [0, 0.05) is 12.6 Å². The van der Waals surface area contributed by atoms with E-state index in [1.807, 2.05) is 6.92 Å². The molecule has 1 N–H and O–H groups in total. The van der Waals surface area contributed by atoms with Crippen molar-refractivity contribution in [1.82, 2.24) is 0 Å². The summed E-state index contributed by atoms with van der Waals surface area (Å²) in [5.41, 5.74) is 2.10. The summed E-state index contributed by atoms with van der Waals surface area (Å²) in [4.78, 5) is -0.573. The van der Waals surface area contributed by atoms with E-state index in [0.29, 0.717) is 24.6 Å². The number of halogens is 2. The van der Waals surface area contributed by atoms with Crippen molar-refractivity contribution in [2.45, 2.75) is 29.6 Å². The normalized spacial score (nSPS) is 14.2. The number of nitrogens with one attached hydrogen (secondary N) is 1. The fourth-order valence-electron chi connectivity index (χ4n) is 3.59. The smallest absolute Gasteiger partial charge is 0.264 e. The number of anilines is 2. The molecule has 0 spiro atoms. The highest BCUT2D eigenvalue weighted by molar-refractivity contribution is 7.93. The Bertz CT molecular complexity index is 1390. The van der Waals surface area contributed by atoms with Crippen LogP contribution in [0.3, 0.4) is 0 Å². The SMILES string of the molecule is Cc1ccc(S(=O)(=O)N2CCCc3ccc(NS(=O)(=O)c4ccc(F)cc4F)cc32)cc1. The molecule has 1 aliphatic heterocycles. The van der Waals surface area contributed by atoms with Gasteiger partial charge in [-0.05, 0) is 61.7 Å².